The fraction of sp³-hybridized carbons (Fsp3) is 0.619. The number of halogens is 1. The third kappa shape index (κ3) is 5.83. The van der Waals surface area contributed by atoms with Gasteiger partial charge in [0.05, 0.1) is 6.54 Å². The second-order valence-electron chi connectivity index (χ2n) is 7.36. The number of benzene rings is 1. The van der Waals surface area contributed by atoms with E-state index >= 15 is 0 Å². The molecule has 0 radical (unpaired) electrons. The molecule has 1 aromatic carbocycles. The first-order valence-electron chi connectivity index (χ1n) is 10.1. The van der Waals surface area contributed by atoms with Crippen LogP contribution in [0.3, 0.4) is 0 Å². The number of fused-ring (bicyclic) bond motifs is 1. The summed E-state index contributed by atoms with van der Waals surface area (Å²) < 4.78 is 0. The van der Waals surface area contributed by atoms with Crippen molar-refractivity contribution in [3.8, 4) is 0 Å². The van der Waals surface area contributed by atoms with Gasteiger partial charge in [-0.05, 0) is 50.7 Å². The minimum Gasteiger partial charge on any atom is -0.357 e. The molecular formula is C21H33IN4O. The highest BCUT2D eigenvalue weighted by molar-refractivity contribution is 14.0. The zero-order valence-electron chi connectivity index (χ0n) is 16.6. The lowest BCUT2D eigenvalue weighted by atomic mass is 10.0. The highest BCUT2D eigenvalue weighted by Crippen LogP contribution is 2.19. The van der Waals surface area contributed by atoms with Gasteiger partial charge < -0.3 is 15.1 Å². The zero-order chi connectivity index (χ0) is 18.4. The van der Waals surface area contributed by atoms with Crippen molar-refractivity contribution in [2.75, 3.05) is 26.2 Å². The number of carbonyl (C=O) groups is 1. The Morgan fingerprint density at radius 3 is 2.74 bits per heavy atom. The molecule has 2 aliphatic heterocycles. The Hall–Kier alpha value is -1.31. The number of likely N-dealkylation sites (tertiary alicyclic amines) is 1. The van der Waals surface area contributed by atoms with Crippen molar-refractivity contribution >= 4 is 35.8 Å². The normalized spacial score (nSPS) is 19.9. The van der Waals surface area contributed by atoms with Crippen LogP contribution in [-0.4, -0.2) is 53.9 Å². The van der Waals surface area contributed by atoms with Crippen LogP contribution in [-0.2, 0) is 17.8 Å². The van der Waals surface area contributed by atoms with Crippen molar-refractivity contribution in [3.05, 3.63) is 35.4 Å². The molecule has 0 bridgehead atoms. The average Bonchev–Trinajstić information content (AvgIpc) is 2.67. The van der Waals surface area contributed by atoms with Crippen molar-refractivity contribution < 1.29 is 4.79 Å². The molecular weight excluding hydrogens is 451 g/mol. The number of nitrogens with zero attached hydrogens (tertiary/aromatic N) is 3. The van der Waals surface area contributed by atoms with Crippen LogP contribution in [0.15, 0.2) is 29.3 Å². The Morgan fingerprint density at radius 2 is 2.00 bits per heavy atom. The van der Waals surface area contributed by atoms with Crippen LogP contribution in [0.2, 0.25) is 0 Å². The Kier molecular flexibility index (Phi) is 8.86. The van der Waals surface area contributed by atoms with Gasteiger partial charge in [0.2, 0.25) is 5.91 Å². The maximum Gasteiger partial charge on any atom is 0.224 e. The van der Waals surface area contributed by atoms with Gasteiger partial charge in [0.25, 0.3) is 0 Å². The fourth-order valence-corrected chi connectivity index (χ4v) is 3.97. The van der Waals surface area contributed by atoms with E-state index in [9.17, 15) is 4.79 Å². The fourth-order valence-electron chi connectivity index (χ4n) is 3.97. The first kappa shape index (κ1) is 22.0. The zero-order valence-corrected chi connectivity index (χ0v) is 18.9. The molecule has 0 saturated carbocycles. The molecule has 0 aliphatic carbocycles. The van der Waals surface area contributed by atoms with E-state index < -0.39 is 0 Å². The van der Waals surface area contributed by atoms with Crippen LogP contribution in [0.1, 0.15) is 50.7 Å². The molecule has 6 heteroatoms. The number of rotatable bonds is 4. The molecule has 1 N–H and O–H groups in total. The molecule has 5 nitrogen and oxygen atoms in total. The first-order valence-corrected chi connectivity index (χ1v) is 10.1. The molecule has 1 saturated heterocycles. The third-order valence-corrected chi connectivity index (χ3v) is 5.48. The molecule has 0 aromatic heterocycles. The molecule has 1 aromatic rings. The van der Waals surface area contributed by atoms with Crippen molar-refractivity contribution in [1.29, 1.82) is 0 Å². The minimum atomic E-state index is 0. The number of carbonyl (C=O) groups excluding carboxylic acids is 1. The Morgan fingerprint density at radius 1 is 1.22 bits per heavy atom. The molecule has 1 unspecified atom stereocenters. The highest BCUT2D eigenvalue weighted by Gasteiger charge is 2.23. The molecule has 0 spiro atoms. The predicted molar refractivity (Wildman–Crippen MR) is 122 cm³/mol. The monoisotopic (exact) mass is 484 g/mol. The molecule has 2 heterocycles. The largest absolute Gasteiger partial charge is 0.357 e. The lowest BCUT2D eigenvalue weighted by Crippen LogP contribution is -2.44. The Bertz CT molecular complexity index is 649. The summed E-state index contributed by atoms with van der Waals surface area (Å²) in [5.74, 6) is 1.18. The smallest absolute Gasteiger partial charge is 0.224 e. The summed E-state index contributed by atoms with van der Waals surface area (Å²) >= 11 is 0. The maximum absolute atomic E-state index is 12.5. The number of hydrogen-bond donors (Lipinski definition) is 1. The number of guanidine groups is 1. The Balaban J connectivity index is 0.00000261. The highest BCUT2D eigenvalue weighted by atomic mass is 127. The van der Waals surface area contributed by atoms with E-state index in [0.717, 1.165) is 51.4 Å². The maximum atomic E-state index is 12.5. The van der Waals surface area contributed by atoms with Gasteiger partial charge >= 0.3 is 0 Å². The van der Waals surface area contributed by atoms with Crippen LogP contribution >= 0.6 is 24.0 Å². The van der Waals surface area contributed by atoms with Gasteiger partial charge in [-0.1, -0.05) is 24.3 Å². The molecule has 1 fully saturated rings. The van der Waals surface area contributed by atoms with Gasteiger partial charge in [-0.25, -0.2) is 0 Å². The van der Waals surface area contributed by atoms with E-state index in [4.69, 9.17) is 4.99 Å². The van der Waals surface area contributed by atoms with E-state index in [1.165, 1.54) is 17.5 Å². The van der Waals surface area contributed by atoms with Crippen LogP contribution < -0.4 is 5.32 Å². The second kappa shape index (κ2) is 10.9. The summed E-state index contributed by atoms with van der Waals surface area (Å²) in [6.07, 6.45) is 5.05. The van der Waals surface area contributed by atoms with Crippen molar-refractivity contribution in [2.24, 2.45) is 4.99 Å². The van der Waals surface area contributed by atoms with Gasteiger partial charge in [0.1, 0.15) is 0 Å². The quantitative estimate of drug-likeness (QED) is 0.405. The topological polar surface area (TPSA) is 47.9 Å². The number of amides is 1. The number of piperidine rings is 1. The Labute approximate surface area is 180 Å². The number of aliphatic imine (C=N–C) groups is 1. The summed E-state index contributed by atoms with van der Waals surface area (Å²) in [4.78, 5) is 21.6. The van der Waals surface area contributed by atoms with Gasteiger partial charge in [-0.3, -0.25) is 9.79 Å². The molecule has 2 aliphatic rings. The summed E-state index contributed by atoms with van der Waals surface area (Å²) in [7, 11) is 0. The van der Waals surface area contributed by atoms with Crippen LogP contribution in [0.25, 0.3) is 0 Å². The van der Waals surface area contributed by atoms with E-state index in [-0.39, 0.29) is 29.9 Å². The van der Waals surface area contributed by atoms with Crippen molar-refractivity contribution in [3.63, 3.8) is 0 Å². The molecule has 150 valence electrons. The van der Waals surface area contributed by atoms with E-state index in [1.807, 2.05) is 4.90 Å². The summed E-state index contributed by atoms with van der Waals surface area (Å²) in [5, 5.41) is 3.40. The average molecular weight is 484 g/mol. The van der Waals surface area contributed by atoms with Crippen molar-refractivity contribution in [2.45, 2.75) is 58.5 Å². The summed E-state index contributed by atoms with van der Waals surface area (Å²) in [6.45, 7) is 8.42. The van der Waals surface area contributed by atoms with E-state index in [0.29, 0.717) is 19.0 Å². The summed E-state index contributed by atoms with van der Waals surface area (Å²) in [5.41, 5.74) is 2.82. The lowest BCUT2D eigenvalue weighted by molar-refractivity contribution is -0.134. The third-order valence-electron chi connectivity index (χ3n) is 5.48. The van der Waals surface area contributed by atoms with Crippen LogP contribution in [0.5, 0.6) is 0 Å². The van der Waals surface area contributed by atoms with E-state index in [2.05, 4.69) is 48.3 Å². The van der Waals surface area contributed by atoms with Crippen LogP contribution in [0.4, 0.5) is 0 Å². The number of nitrogens with one attached hydrogen (secondary N) is 1. The van der Waals surface area contributed by atoms with Gasteiger partial charge in [-0.2, -0.15) is 0 Å². The standard InChI is InChI=1S/C21H32N4O.HI/c1-3-22-21(24-15-12-18-9-4-5-10-19(18)16-24)23-13-11-20(26)25-14-7-6-8-17(25)2;/h4-5,9-10,17H,3,6-8,11-16H2,1-2H3,(H,22,23);1H. The molecule has 1 atom stereocenters. The van der Waals surface area contributed by atoms with Gasteiger partial charge in [0.15, 0.2) is 5.96 Å². The van der Waals surface area contributed by atoms with Crippen molar-refractivity contribution in [1.82, 2.24) is 15.1 Å². The molecule has 27 heavy (non-hydrogen) atoms. The van der Waals surface area contributed by atoms with Gasteiger partial charge in [0, 0.05) is 38.6 Å². The lowest BCUT2D eigenvalue weighted by Gasteiger charge is -2.33. The number of hydrogen-bond acceptors (Lipinski definition) is 2. The minimum absolute atomic E-state index is 0. The first-order chi connectivity index (χ1) is 12.7. The molecule has 3 rings (SSSR count). The predicted octanol–water partition coefficient (Wildman–Crippen LogP) is 3.42. The second-order valence-corrected chi connectivity index (χ2v) is 7.36. The van der Waals surface area contributed by atoms with Crippen LogP contribution in [0, 0.1) is 0 Å². The summed E-state index contributed by atoms with van der Waals surface area (Å²) in [6, 6.07) is 9.01. The molecule has 1 amide bonds. The SMILES string of the molecule is CCNC(=NCCC(=O)N1CCCCC1C)N1CCc2ccccc2C1.I. The van der Waals surface area contributed by atoms with E-state index in [1.54, 1.807) is 0 Å². The van der Waals surface area contributed by atoms with Gasteiger partial charge in [-0.15, -0.1) is 24.0 Å².